The maximum atomic E-state index is 9.93. The lowest BCUT2D eigenvalue weighted by Gasteiger charge is -2.07. The number of aromatic hydroxyl groups is 1. The molecule has 0 aromatic heterocycles. The highest BCUT2D eigenvalue weighted by Gasteiger charge is 2.13. The van der Waals surface area contributed by atoms with Crippen molar-refractivity contribution in [2.45, 2.75) is 19.3 Å². The van der Waals surface area contributed by atoms with E-state index in [1.54, 1.807) is 13.2 Å². The summed E-state index contributed by atoms with van der Waals surface area (Å²) in [4.78, 5) is 0. The number of hydrogen-bond donors (Lipinski definition) is 1. The Hall–Kier alpha value is -2.36. The molecular formula is C17H18O4. The summed E-state index contributed by atoms with van der Waals surface area (Å²) < 4.78 is 15.8. The van der Waals surface area contributed by atoms with E-state index in [-0.39, 0.29) is 0 Å². The van der Waals surface area contributed by atoms with Gasteiger partial charge in [-0.25, -0.2) is 0 Å². The monoisotopic (exact) mass is 286 g/mol. The van der Waals surface area contributed by atoms with Crippen LogP contribution in [0.25, 0.3) is 0 Å². The number of hydrogen-bond acceptors (Lipinski definition) is 4. The second-order valence-corrected chi connectivity index (χ2v) is 5.04. The number of fused-ring (bicyclic) bond motifs is 1. The summed E-state index contributed by atoms with van der Waals surface area (Å²) in [6, 6.07) is 11.5. The summed E-state index contributed by atoms with van der Waals surface area (Å²) in [6.07, 6.45) is 2.71. The standard InChI is InChI=1S/C17H18O4/c1-19-14-7-6-13(15(18)10-14)4-2-3-12-5-8-16-17(9-12)21-11-20-16/h5-10,18H,2-4,11H2,1H3. The zero-order chi connectivity index (χ0) is 14.7. The Bertz CT molecular complexity index is 637. The molecule has 2 aromatic carbocycles. The van der Waals surface area contributed by atoms with Gasteiger partial charge >= 0.3 is 0 Å². The lowest BCUT2D eigenvalue weighted by molar-refractivity contribution is 0.174. The van der Waals surface area contributed by atoms with Crippen molar-refractivity contribution in [3.8, 4) is 23.0 Å². The van der Waals surface area contributed by atoms with Crippen LogP contribution in [-0.2, 0) is 12.8 Å². The Morgan fingerprint density at radius 2 is 1.90 bits per heavy atom. The molecule has 0 bridgehead atoms. The summed E-state index contributed by atoms with van der Waals surface area (Å²) in [5, 5.41) is 9.93. The number of phenols is 1. The van der Waals surface area contributed by atoms with Gasteiger partial charge in [-0.15, -0.1) is 0 Å². The fourth-order valence-electron chi connectivity index (χ4n) is 2.46. The predicted octanol–water partition coefficient (Wildman–Crippen LogP) is 3.30. The van der Waals surface area contributed by atoms with Crippen molar-refractivity contribution in [3.05, 3.63) is 47.5 Å². The fraction of sp³-hybridized carbons (Fsp3) is 0.294. The molecule has 0 unspecified atom stereocenters. The molecule has 110 valence electrons. The van der Waals surface area contributed by atoms with Crippen LogP contribution in [0, 0.1) is 0 Å². The Morgan fingerprint density at radius 3 is 2.71 bits per heavy atom. The molecule has 21 heavy (non-hydrogen) atoms. The van der Waals surface area contributed by atoms with Crippen LogP contribution in [0.2, 0.25) is 0 Å². The SMILES string of the molecule is COc1ccc(CCCc2ccc3c(c2)OCO3)c(O)c1. The van der Waals surface area contributed by atoms with Gasteiger partial charge in [-0.05, 0) is 48.6 Å². The number of benzene rings is 2. The van der Waals surface area contributed by atoms with Crippen LogP contribution in [-0.4, -0.2) is 19.0 Å². The molecule has 0 spiro atoms. The molecule has 4 heteroatoms. The van der Waals surface area contributed by atoms with Gasteiger partial charge in [0.2, 0.25) is 6.79 Å². The number of rotatable bonds is 5. The highest BCUT2D eigenvalue weighted by atomic mass is 16.7. The van der Waals surface area contributed by atoms with Crippen LogP contribution >= 0.6 is 0 Å². The van der Waals surface area contributed by atoms with E-state index in [4.69, 9.17) is 14.2 Å². The van der Waals surface area contributed by atoms with Crippen LogP contribution in [0.1, 0.15) is 17.5 Å². The molecule has 1 N–H and O–H groups in total. The molecule has 0 saturated heterocycles. The van der Waals surface area contributed by atoms with E-state index in [2.05, 4.69) is 6.07 Å². The highest BCUT2D eigenvalue weighted by Crippen LogP contribution is 2.33. The second kappa shape index (κ2) is 5.95. The lowest BCUT2D eigenvalue weighted by Crippen LogP contribution is -1.93. The summed E-state index contributed by atoms with van der Waals surface area (Å²) in [6.45, 7) is 0.304. The minimum Gasteiger partial charge on any atom is -0.508 e. The number of phenolic OH excluding ortho intramolecular Hbond substituents is 1. The maximum absolute atomic E-state index is 9.93. The van der Waals surface area contributed by atoms with Crippen LogP contribution in [0.4, 0.5) is 0 Å². The number of methoxy groups -OCH3 is 1. The number of ether oxygens (including phenoxy) is 3. The van der Waals surface area contributed by atoms with Crippen LogP contribution in [0.3, 0.4) is 0 Å². The molecule has 1 aliphatic rings. The normalized spacial score (nSPS) is 12.4. The van der Waals surface area contributed by atoms with Gasteiger partial charge in [0.1, 0.15) is 11.5 Å². The van der Waals surface area contributed by atoms with Crippen LogP contribution < -0.4 is 14.2 Å². The molecule has 2 aromatic rings. The zero-order valence-corrected chi connectivity index (χ0v) is 12.0. The molecule has 0 aliphatic carbocycles. The molecule has 3 rings (SSSR count). The van der Waals surface area contributed by atoms with Crippen molar-refractivity contribution in [1.82, 2.24) is 0 Å². The Morgan fingerprint density at radius 1 is 1.05 bits per heavy atom. The third-order valence-corrected chi connectivity index (χ3v) is 3.64. The van der Waals surface area contributed by atoms with Gasteiger partial charge in [-0.1, -0.05) is 12.1 Å². The maximum Gasteiger partial charge on any atom is 0.231 e. The average molecular weight is 286 g/mol. The molecule has 0 amide bonds. The van der Waals surface area contributed by atoms with E-state index < -0.39 is 0 Å². The van der Waals surface area contributed by atoms with E-state index in [1.165, 1.54) is 5.56 Å². The molecule has 0 saturated carbocycles. The lowest BCUT2D eigenvalue weighted by atomic mass is 10.0. The van der Waals surface area contributed by atoms with E-state index in [9.17, 15) is 5.11 Å². The molecule has 0 radical (unpaired) electrons. The molecule has 1 heterocycles. The molecule has 4 nitrogen and oxygen atoms in total. The minimum atomic E-state index is 0.292. The van der Waals surface area contributed by atoms with E-state index in [0.29, 0.717) is 18.3 Å². The first kappa shape index (κ1) is 13.6. The van der Waals surface area contributed by atoms with Gasteiger partial charge < -0.3 is 19.3 Å². The van der Waals surface area contributed by atoms with Crippen molar-refractivity contribution in [2.24, 2.45) is 0 Å². The highest BCUT2D eigenvalue weighted by molar-refractivity contribution is 5.44. The smallest absolute Gasteiger partial charge is 0.231 e. The van der Waals surface area contributed by atoms with Gasteiger partial charge in [-0.2, -0.15) is 0 Å². The molecular weight excluding hydrogens is 268 g/mol. The minimum absolute atomic E-state index is 0.292. The number of aryl methyl sites for hydroxylation is 2. The van der Waals surface area contributed by atoms with Crippen molar-refractivity contribution in [1.29, 1.82) is 0 Å². The van der Waals surface area contributed by atoms with Crippen LogP contribution in [0.15, 0.2) is 36.4 Å². The van der Waals surface area contributed by atoms with Crippen molar-refractivity contribution >= 4 is 0 Å². The zero-order valence-electron chi connectivity index (χ0n) is 12.0. The summed E-state index contributed by atoms with van der Waals surface area (Å²) in [5.41, 5.74) is 2.16. The fourth-order valence-corrected chi connectivity index (χ4v) is 2.46. The van der Waals surface area contributed by atoms with E-state index >= 15 is 0 Å². The molecule has 0 fully saturated rings. The van der Waals surface area contributed by atoms with Gasteiger partial charge in [0.05, 0.1) is 7.11 Å². The predicted molar refractivity (Wildman–Crippen MR) is 79.2 cm³/mol. The van der Waals surface area contributed by atoms with E-state index in [0.717, 1.165) is 36.3 Å². The van der Waals surface area contributed by atoms with Crippen LogP contribution in [0.5, 0.6) is 23.0 Å². The topological polar surface area (TPSA) is 47.9 Å². The van der Waals surface area contributed by atoms with Gasteiger partial charge in [0.15, 0.2) is 11.5 Å². The first-order valence-corrected chi connectivity index (χ1v) is 7.00. The quantitative estimate of drug-likeness (QED) is 0.916. The first-order valence-electron chi connectivity index (χ1n) is 7.00. The Kier molecular flexibility index (Phi) is 3.86. The van der Waals surface area contributed by atoms with E-state index in [1.807, 2.05) is 24.3 Å². The average Bonchev–Trinajstić information content (AvgIpc) is 2.96. The van der Waals surface area contributed by atoms with Gasteiger partial charge in [-0.3, -0.25) is 0 Å². The third kappa shape index (κ3) is 3.05. The summed E-state index contributed by atoms with van der Waals surface area (Å²) in [5.74, 6) is 2.60. The largest absolute Gasteiger partial charge is 0.508 e. The molecule has 0 atom stereocenters. The van der Waals surface area contributed by atoms with Crippen molar-refractivity contribution in [3.63, 3.8) is 0 Å². The Labute approximate surface area is 123 Å². The first-order chi connectivity index (χ1) is 10.3. The third-order valence-electron chi connectivity index (χ3n) is 3.64. The van der Waals surface area contributed by atoms with Gasteiger partial charge in [0, 0.05) is 6.07 Å². The van der Waals surface area contributed by atoms with Crippen molar-refractivity contribution < 1.29 is 19.3 Å². The van der Waals surface area contributed by atoms with Crippen molar-refractivity contribution in [2.75, 3.05) is 13.9 Å². The summed E-state index contributed by atoms with van der Waals surface area (Å²) in [7, 11) is 1.59. The van der Waals surface area contributed by atoms with Gasteiger partial charge in [0.25, 0.3) is 0 Å². The Balaban J connectivity index is 1.58. The summed E-state index contributed by atoms with van der Waals surface area (Å²) >= 11 is 0. The second-order valence-electron chi connectivity index (χ2n) is 5.04. The molecule has 1 aliphatic heterocycles.